The van der Waals surface area contributed by atoms with E-state index in [4.69, 9.17) is 10.5 Å². The van der Waals surface area contributed by atoms with Crippen LogP contribution in [0, 0.1) is 0 Å². The fourth-order valence-corrected chi connectivity index (χ4v) is 1.76. The monoisotopic (exact) mass is 253 g/mol. The molecular weight excluding hydrogens is 238 g/mol. The molecule has 0 fully saturated rings. The average Bonchev–Trinajstić information content (AvgIpc) is 2.46. The van der Waals surface area contributed by atoms with Gasteiger partial charge in [0.2, 0.25) is 0 Å². The largest absolute Gasteiger partial charge is 0.450 e. The van der Waals surface area contributed by atoms with Crippen LogP contribution in [0.4, 0.5) is 5.69 Å². The van der Waals surface area contributed by atoms with E-state index in [0.717, 1.165) is 5.56 Å². The van der Waals surface area contributed by atoms with Gasteiger partial charge in [-0.3, -0.25) is 0 Å². The summed E-state index contributed by atoms with van der Waals surface area (Å²) in [6.07, 6.45) is 1.11. The third-order valence-electron chi connectivity index (χ3n) is 2.76. The smallest absolute Gasteiger partial charge is 0.341 e. The molecule has 19 heavy (non-hydrogen) atoms. The molecule has 3 nitrogen and oxygen atoms in total. The van der Waals surface area contributed by atoms with Crippen LogP contribution in [0.5, 0.6) is 0 Å². The van der Waals surface area contributed by atoms with Gasteiger partial charge in [-0.15, -0.1) is 0 Å². The second-order valence-corrected chi connectivity index (χ2v) is 4.06. The van der Waals surface area contributed by atoms with Crippen molar-refractivity contribution in [3.05, 3.63) is 78.4 Å². The second kappa shape index (κ2) is 5.87. The first-order valence-corrected chi connectivity index (χ1v) is 5.95. The normalized spacial score (nSPS) is 11.6. The number of esters is 1. The van der Waals surface area contributed by atoms with Gasteiger partial charge in [0.15, 0.2) is 0 Å². The van der Waals surface area contributed by atoms with Gasteiger partial charge in [0, 0.05) is 5.69 Å². The highest BCUT2D eigenvalue weighted by Gasteiger charge is 2.16. The van der Waals surface area contributed by atoms with Crippen LogP contribution in [0.15, 0.2) is 67.3 Å². The van der Waals surface area contributed by atoms with Gasteiger partial charge in [-0.1, -0.05) is 49.0 Å². The molecule has 0 saturated carbocycles. The average molecular weight is 253 g/mol. The van der Waals surface area contributed by atoms with Crippen molar-refractivity contribution in [3.63, 3.8) is 0 Å². The minimum Gasteiger partial charge on any atom is -0.450 e. The number of carbonyl (C=O) groups is 1. The molecular formula is C16H15NO2. The fraction of sp³-hybridized carbons (Fsp3) is 0.0625. The molecule has 0 radical (unpaired) electrons. The Morgan fingerprint density at radius 3 is 2.37 bits per heavy atom. The number of hydrogen-bond donors (Lipinski definition) is 1. The topological polar surface area (TPSA) is 52.3 Å². The van der Waals surface area contributed by atoms with Gasteiger partial charge < -0.3 is 10.5 Å². The maximum atomic E-state index is 12.1. The minimum atomic E-state index is -0.478. The van der Waals surface area contributed by atoms with Crippen LogP contribution in [0.25, 0.3) is 0 Å². The van der Waals surface area contributed by atoms with E-state index in [-0.39, 0.29) is 0 Å². The third-order valence-corrected chi connectivity index (χ3v) is 2.76. The van der Waals surface area contributed by atoms with Gasteiger partial charge in [0.1, 0.15) is 6.10 Å². The molecule has 2 N–H and O–H groups in total. The van der Waals surface area contributed by atoms with Gasteiger partial charge in [-0.05, 0) is 23.8 Å². The number of benzene rings is 2. The van der Waals surface area contributed by atoms with Crippen LogP contribution in [0.3, 0.4) is 0 Å². The molecule has 0 saturated heterocycles. The molecule has 96 valence electrons. The molecule has 0 heterocycles. The van der Waals surface area contributed by atoms with E-state index in [1.165, 1.54) is 0 Å². The summed E-state index contributed by atoms with van der Waals surface area (Å²) in [6, 6.07) is 16.3. The van der Waals surface area contributed by atoms with E-state index >= 15 is 0 Å². The molecule has 0 amide bonds. The van der Waals surface area contributed by atoms with Crippen molar-refractivity contribution < 1.29 is 9.53 Å². The first-order valence-electron chi connectivity index (χ1n) is 5.95. The quantitative estimate of drug-likeness (QED) is 0.516. The van der Waals surface area contributed by atoms with Crippen molar-refractivity contribution >= 4 is 11.7 Å². The third kappa shape index (κ3) is 3.01. The summed E-state index contributed by atoms with van der Waals surface area (Å²) in [5.41, 5.74) is 7.40. The number of carbonyl (C=O) groups excluding carboxylic acids is 1. The first kappa shape index (κ1) is 12.9. The first-order chi connectivity index (χ1) is 9.22. The Kier molecular flexibility index (Phi) is 3.98. The van der Waals surface area contributed by atoms with Crippen LogP contribution in [-0.2, 0) is 4.74 Å². The molecule has 1 atom stereocenters. The Labute approximate surface area is 112 Å². The van der Waals surface area contributed by atoms with Crippen molar-refractivity contribution in [2.45, 2.75) is 6.10 Å². The van der Waals surface area contributed by atoms with Gasteiger partial charge in [-0.25, -0.2) is 4.79 Å². The number of rotatable bonds is 4. The predicted molar refractivity (Wildman–Crippen MR) is 75.6 cm³/mol. The highest BCUT2D eigenvalue weighted by atomic mass is 16.5. The van der Waals surface area contributed by atoms with E-state index in [2.05, 4.69) is 6.58 Å². The summed E-state index contributed by atoms with van der Waals surface area (Å²) in [4.78, 5) is 12.1. The molecule has 0 aliphatic carbocycles. The molecule has 2 rings (SSSR count). The zero-order valence-electron chi connectivity index (χ0n) is 10.5. The van der Waals surface area contributed by atoms with E-state index in [1.54, 1.807) is 30.3 Å². The van der Waals surface area contributed by atoms with Crippen molar-refractivity contribution in [2.24, 2.45) is 0 Å². The lowest BCUT2D eigenvalue weighted by atomic mass is 10.1. The summed E-state index contributed by atoms with van der Waals surface area (Å²) in [5.74, 6) is -0.452. The van der Waals surface area contributed by atoms with Crippen molar-refractivity contribution in [3.8, 4) is 0 Å². The number of nitrogens with two attached hydrogens (primary N) is 1. The van der Waals surface area contributed by atoms with E-state index < -0.39 is 12.1 Å². The number of anilines is 1. The van der Waals surface area contributed by atoms with Crippen LogP contribution < -0.4 is 5.73 Å². The highest BCUT2D eigenvalue weighted by Crippen LogP contribution is 2.21. The Bertz CT molecular complexity index is 578. The lowest BCUT2D eigenvalue weighted by molar-refractivity contribution is 0.0393. The van der Waals surface area contributed by atoms with Crippen molar-refractivity contribution in [2.75, 3.05) is 5.73 Å². The second-order valence-electron chi connectivity index (χ2n) is 4.06. The molecule has 2 aromatic carbocycles. The fourth-order valence-electron chi connectivity index (χ4n) is 1.76. The highest BCUT2D eigenvalue weighted by molar-refractivity contribution is 5.95. The zero-order chi connectivity index (χ0) is 13.7. The molecule has 0 bridgehead atoms. The van der Waals surface area contributed by atoms with Crippen LogP contribution >= 0.6 is 0 Å². The maximum absolute atomic E-state index is 12.1. The summed E-state index contributed by atoms with van der Waals surface area (Å²) < 4.78 is 5.42. The molecule has 0 spiro atoms. The minimum absolute atomic E-state index is 0.366. The SMILES string of the molecule is C=CC(OC(=O)c1ccccc1N)c1ccccc1. The van der Waals surface area contributed by atoms with E-state index in [9.17, 15) is 4.79 Å². The Morgan fingerprint density at radius 2 is 1.74 bits per heavy atom. The van der Waals surface area contributed by atoms with Gasteiger partial charge >= 0.3 is 5.97 Å². The molecule has 1 unspecified atom stereocenters. The van der Waals surface area contributed by atoms with Gasteiger partial charge in [-0.2, -0.15) is 0 Å². The maximum Gasteiger partial charge on any atom is 0.341 e. The van der Waals surface area contributed by atoms with Crippen LogP contribution in [-0.4, -0.2) is 5.97 Å². The zero-order valence-corrected chi connectivity index (χ0v) is 10.5. The van der Waals surface area contributed by atoms with Crippen molar-refractivity contribution in [1.29, 1.82) is 0 Å². The van der Waals surface area contributed by atoms with Crippen LogP contribution in [0.2, 0.25) is 0 Å². The number of para-hydroxylation sites is 1. The molecule has 0 aliphatic rings. The van der Waals surface area contributed by atoms with Crippen LogP contribution in [0.1, 0.15) is 22.0 Å². The molecule has 0 aliphatic heterocycles. The summed E-state index contributed by atoms with van der Waals surface area (Å²) in [5, 5.41) is 0. The summed E-state index contributed by atoms with van der Waals surface area (Å²) >= 11 is 0. The summed E-state index contributed by atoms with van der Waals surface area (Å²) in [6.45, 7) is 3.70. The Morgan fingerprint density at radius 1 is 1.11 bits per heavy atom. The molecule has 3 heteroatoms. The number of nitrogen functional groups attached to an aromatic ring is 1. The predicted octanol–water partition coefficient (Wildman–Crippen LogP) is 3.35. The van der Waals surface area contributed by atoms with Gasteiger partial charge in [0.25, 0.3) is 0 Å². The number of ether oxygens (including phenoxy) is 1. The summed E-state index contributed by atoms with van der Waals surface area (Å²) in [7, 11) is 0. The van der Waals surface area contributed by atoms with E-state index in [0.29, 0.717) is 11.3 Å². The molecule has 0 aromatic heterocycles. The Balaban J connectivity index is 2.18. The molecule has 2 aromatic rings. The lowest BCUT2D eigenvalue weighted by Crippen LogP contribution is -2.11. The number of hydrogen-bond acceptors (Lipinski definition) is 3. The van der Waals surface area contributed by atoms with Crippen molar-refractivity contribution in [1.82, 2.24) is 0 Å². The lowest BCUT2D eigenvalue weighted by Gasteiger charge is -2.15. The van der Waals surface area contributed by atoms with E-state index in [1.807, 2.05) is 30.3 Å². The standard InChI is InChI=1S/C16H15NO2/c1-2-15(12-8-4-3-5-9-12)19-16(18)13-10-6-7-11-14(13)17/h2-11,15H,1,17H2. The van der Waals surface area contributed by atoms with Gasteiger partial charge in [0.05, 0.1) is 5.56 Å². The Hall–Kier alpha value is -2.55.